The van der Waals surface area contributed by atoms with E-state index in [1.165, 1.54) is 0 Å². The Hall–Kier alpha value is -1.82. The van der Waals surface area contributed by atoms with Gasteiger partial charge in [-0.05, 0) is 19.8 Å². The van der Waals surface area contributed by atoms with E-state index in [-0.39, 0.29) is 0 Å². The molecule has 6 heteroatoms. The van der Waals surface area contributed by atoms with Gasteiger partial charge in [0.25, 0.3) is 0 Å². The van der Waals surface area contributed by atoms with Gasteiger partial charge in [-0.15, -0.1) is 0 Å². The summed E-state index contributed by atoms with van der Waals surface area (Å²) >= 11 is 0. The largest absolute Gasteiger partial charge is 0.378 e. The van der Waals surface area contributed by atoms with Crippen LogP contribution in [0.3, 0.4) is 0 Å². The first kappa shape index (κ1) is 12.2. The molecule has 0 amide bonds. The Balaban J connectivity index is 1.88. The maximum absolute atomic E-state index is 5.57. The molecular formula is C13H19N5O. The van der Waals surface area contributed by atoms with Crippen molar-refractivity contribution >= 4 is 17.3 Å². The molecule has 1 aliphatic rings. The number of anilines is 2. The van der Waals surface area contributed by atoms with E-state index in [0.717, 1.165) is 36.7 Å². The lowest BCUT2D eigenvalue weighted by atomic mass is 10.0. The summed E-state index contributed by atoms with van der Waals surface area (Å²) in [6.07, 6.45) is 7.94. The molecule has 1 saturated heterocycles. The topological polar surface area (TPSA) is 63.5 Å². The van der Waals surface area contributed by atoms with Gasteiger partial charge in [0.2, 0.25) is 0 Å². The standard InChI is InChI=1S/C13H19N5O/c1-9-7-10(3-6-19-9)16-12-13-15-4-5-18(13)8-11(14-2)17-12/h4-5,8-10,14H,3,6-7H2,1-2H3,(H,16,17). The summed E-state index contributed by atoms with van der Waals surface area (Å²) in [6, 6.07) is 0.392. The Labute approximate surface area is 112 Å². The van der Waals surface area contributed by atoms with Crippen LogP contribution >= 0.6 is 0 Å². The van der Waals surface area contributed by atoms with E-state index in [9.17, 15) is 0 Å². The van der Waals surface area contributed by atoms with Crippen LogP contribution in [0.15, 0.2) is 18.6 Å². The van der Waals surface area contributed by atoms with Crippen LogP contribution in [0, 0.1) is 0 Å². The summed E-state index contributed by atoms with van der Waals surface area (Å²) in [6.45, 7) is 2.91. The summed E-state index contributed by atoms with van der Waals surface area (Å²) in [5.74, 6) is 1.66. The van der Waals surface area contributed by atoms with Crippen LogP contribution in [0.5, 0.6) is 0 Å². The fraction of sp³-hybridized carbons (Fsp3) is 0.538. The molecule has 0 spiro atoms. The summed E-state index contributed by atoms with van der Waals surface area (Å²) in [4.78, 5) is 8.92. The van der Waals surface area contributed by atoms with Gasteiger partial charge in [0.15, 0.2) is 11.5 Å². The highest BCUT2D eigenvalue weighted by atomic mass is 16.5. The number of nitrogens with one attached hydrogen (secondary N) is 2. The van der Waals surface area contributed by atoms with Gasteiger partial charge in [0.1, 0.15) is 5.82 Å². The van der Waals surface area contributed by atoms with Crippen LogP contribution in [0.1, 0.15) is 19.8 Å². The highest BCUT2D eigenvalue weighted by molar-refractivity contribution is 5.65. The van der Waals surface area contributed by atoms with Crippen molar-refractivity contribution in [1.29, 1.82) is 0 Å². The quantitative estimate of drug-likeness (QED) is 0.881. The second-order valence-electron chi connectivity index (χ2n) is 4.93. The summed E-state index contributed by atoms with van der Waals surface area (Å²) < 4.78 is 7.55. The molecule has 0 saturated carbocycles. The average Bonchev–Trinajstić information content (AvgIpc) is 2.87. The zero-order valence-corrected chi connectivity index (χ0v) is 11.3. The highest BCUT2D eigenvalue weighted by Gasteiger charge is 2.20. The molecule has 6 nitrogen and oxygen atoms in total. The van der Waals surface area contributed by atoms with E-state index in [4.69, 9.17) is 4.74 Å². The lowest BCUT2D eigenvalue weighted by Crippen LogP contribution is -2.33. The van der Waals surface area contributed by atoms with Gasteiger partial charge in [-0.25, -0.2) is 9.97 Å². The number of fused-ring (bicyclic) bond motifs is 1. The smallest absolute Gasteiger partial charge is 0.180 e. The van der Waals surface area contributed by atoms with Crippen molar-refractivity contribution < 1.29 is 4.74 Å². The number of hydrogen-bond acceptors (Lipinski definition) is 5. The van der Waals surface area contributed by atoms with Crippen LogP contribution in [0.25, 0.3) is 5.65 Å². The molecule has 2 N–H and O–H groups in total. The summed E-state index contributed by atoms with van der Waals surface area (Å²) in [5.41, 5.74) is 0.859. The minimum atomic E-state index is 0.300. The Kier molecular flexibility index (Phi) is 3.25. The van der Waals surface area contributed by atoms with Crippen LogP contribution in [-0.4, -0.2) is 40.2 Å². The molecule has 2 aromatic rings. The van der Waals surface area contributed by atoms with Crippen LogP contribution in [-0.2, 0) is 4.74 Å². The first-order valence-corrected chi connectivity index (χ1v) is 6.66. The van der Waals surface area contributed by atoms with Crippen molar-refractivity contribution in [2.45, 2.75) is 31.9 Å². The van der Waals surface area contributed by atoms with E-state index in [1.807, 2.05) is 23.8 Å². The van der Waals surface area contributed by atoms with Crippen molar-refractivity contribution in [3.63, 3.8) is 0 Å². The maximum Gasteiger partial charge on any atom is 0.180 e. The number of imidazole rings is 1. The number of rotatable bonds is 3. The molecule has 2 aromatic heterocycles. The van der Waals surface area contributed by atoms with Crippen molar-refractivity contribution in [2.24, 2.45) is 0 Å². The summed E-state index contributed by atoms with van der Waals surface area (Å²) in [5, 5.41) is 6.57. The third-order valence-corrected chi connectivity index (χ3v) is 3.46. The Bertz CT molecular complexity index is 567. The normalized spacial score (nSPS) is 23.5. The number of nitrogens with zero attached hydrogens (tertiary/aromatic N) is 3. The molecule has 1 fully saturated rings. The molecule has 2 unspecified atom stereocenters. The fourth-order valence-corrected chi connectivity index (χ4v) is 2.47. The fourth-order valence-electron chi connectivity index (χ4n) is 2.47. The van der Waals surface area contributed by atoms with Gasteiger partial charge in [0.05, 0.1) is 12.3 Å². The number of aromatic nitrogens is 3. The lowest BCUT2D eigenvalue weighted by molar-refractivity contribution is 0.0232. The van der Waals surface area contributed by atoms with Gasteiger partial charge in [-0.1, -0.05) is 0 Å². The molecule has 0 aromatic carbocycles. The van der Waals surface area contributed by atoms with Crippen LogP contribution in [0.2, 0.25) is 0 Å². The second-order valence-corrected chi connectivity index (χ2v) is 4.93. The first-order valence-electron chi connectivity index (χ1n) is 6.66. The lowest BCUT2D eigenvalue weighted by Gasteiger charge is -2.28. The van der Waals surface area contributed by atoms with E-state index < -0.39 is 0 Å². The van der Waals surface area contributed by atoms with Crippen molar-refractivity contribution in [3.05, 3.63) is 18.6 Å². The molecule has 0 bridgehead atoms. The van der Waals surface area contributed by atoms with Crippen molar-refractivity contribution in [3.8, 4) is 0 Å². The predicted molar refractivity (Wildman–Crippen MR) is 74.6 cm³/mol. The molecule has 1 aliphatic heterocycles. The molecule has 2 atom stereocenters. The zero-order valence-electron chi connectivity index (χ0n) is 11.3. The minimum absolute atomic E-state index is 0.300. The van der Waals surface area contributed by atoms with E-state index >= 15 is 0 Å². The molecule has 102 valence electrons. The average molecular weight is 261 g/mol. The number of ether oxygens (including phenoxy) is 1. The predicted octanol–water partition coefficient (Wildman–Crippen LogP) is 1.75. The summed E-state index contributed by atoms with van der Waals surface area (Å²) in [7, 11) is 1.87. The van der Waals surface area contributed by atoms with E-state index in [1.54, 1.807) is 6.20 Å². The maximum atomic E-state index is 5.57. The molecule has 0 radical (unpaired) electrons. The van der Waals surface area contributed by atoms with Crippen molar-refractivity contribution in [2.75, 3.05) is 24.3 Å². The van der Waals surface area contributed by atoms with E-state index in [2.05, 4.69) is 27.5 Å². The van der Waals surface area contributed by atoms with Gasteiger partial charge >= 0.3 is 0 Å². The molecule has 0 aliphatic carbocycles. The minimum Gasteiger partial charge on any atom is -0.378 e. The molecule has 19 heavy (non-hydrogen) atoms. The molecule has 3 rings (SSSR count). The Morgan fingerprint density at radius 1 is 1.47 bits per heavy atom. The third kappa shape index (κ3) is 2.49. The highest BCUT2D eigenvalue weighted by Crippen LogP contribution is 2.21. The van der Waals surface area contributed by atoms with Crippen molar-refractivity contribution in [1.82, 2.24) is 14.4 Å². The number of hydrogen-bond donors (Lipinski definition) is 2. The van der Waals surface area contributed by atoms with Crippen LogP contribution < -0.4 is 10.6 Å². The zero-order chi connectivity index (χ0) is 13.2. The second kappa shape index (κ2) is 5.05. The first-order chi connectivity index (χ1) is 9.26. The van der Waals surface area contributed by atoms with Crippen LogP contribution in [0.4, 0.5) is 11.6 Å². The molecule has 3 heterocycles. The van der Waals surface area contributed by atoms with Gasteiger partial charge in [0, 0.05) is 32.1 Å². The Morgan fingerprint density at radius 2 is 2.37 bits per heavy atom. The monoisotopic (exact) mass is 261 g/mol. The SMILES string of the molecule is CNc1cn2ccnc2c(NC2CCOC(C)C2)n1. The van der Waals surface area contributed by atoms with Gasteiger partial charge in [-0.3, -0.25) is 0 Å². The van der Waals surface area contributed by atoms with E-state index in [0.29, 0.717) is 12.1 Å². The molecular weight excluding hydrogens is 242 g/mol. The third-order valence-electron chi connectivity index (χ3n) is 3.46. The van der Waals surface area contributed by atoms with Gasteiger partial charge in [-0.2, -0.15) is 0 Å². The van der Waals surface area contributed by atoms with Gasteiger partial charge < -0.3 is 19.8 Å². The Morgan fingerprint density at radius 3 is 3.16 bits per heavy atom.